The molecule has 0 bridgehead atoms. The molecule has 0 aliphatic heterocycles. The fourth-order valence-corrected chi connectivity index (χ4v) is 1.87. The number of rotatable bonds is 4. The second-order valence-electron chi connectivity index (χ2n) is 4.46. The number of halogens is 1. The number of nitriles is 1. The van der Waals surface area contributed by atoms with Crippen LogP contribution in [0.5, 0.6) is 5.75 Å². The van der Waals surface area contributed by atoms with Crippen LogP contribution in [-0.2, 0) is 6.61 Å². The second kappa shape index (κ2) is 6.18. The molecule has 0 spiro atoms. The number of hydrogen-bond acceptors (Lipinski definition) is 3. The topological polar surface area (TPSA) is 53.2 Å². The van der Waals surface area contributed by atoms with Crippen molar-refractivity contribution in [2.45, 2.75) is 19.6 Å². The molecule has 2 rings (SSSR count). The minimum absolute atomic E-state index is 0.207. The van der Waals surface area contributed by atoms with E-state index in [1.54, 1.807) is 25.1 Å². The lowest BCUT2D eigenvalue weighted by molar-refractivity contribution is 0.190. The van der Waals surface area contributed by atoms with Crippen LogP contribution >= 0.6 is 0 Å². The number of benzene rings is 2. The van der Waals surface area contributed by atoms with Crippen LogP contribution in [0.2, 0.25) is 0 Å². The average molecular weight is 271 g/mol. The van der Waals surface area contributed by atoms with E-state index in [1.165, 1.54) is 18.2 Å². The molecule has 0 aliphatic carbocycles. The third kappa shape index (κ3) is 3.34. The maximum atomic E-state index is 13.3. The number of aliphatic hydroxyl groups is 1. The summed E-state index contributed by atoms with van der Waals surface area (Å²) >= 11 is 0. The van der Waals surface area contributed by atoms with E-state index in [1.807, 2.05) is 12.1 Å². The van der Waals surface area contributed by atoms with Gasteiger partial charge in [0.1, 0.15) is 18.2 Å². The van der Waals surface area contributed by atoms with Crippen LogP contribution in [0.3, 0.4) is 0 Å². The van der Waals surface area contributed by atoms with Crippen LogP contribution in [-0.4, -0.2) is 5.11 Å². The summed E-state index contributed by atoms with van der Waals surface area (Å²) in [4.78, 5) is 0. The Kier molecular flexibility index (Phi) is 4.34. The summed E-state index contributed by atoms with van der Waals surface area (Å²) in [5, 5.41) is 18.5. The van der Waals surface area contributed by atoms with Crippen LogP contribution in [0.4, 0.5) is 4.39 Å². The van der Waals surface area contributed by atoms with Crippen molar-refractivity contribution in [3.8, 4) is 11.8 Å². The van der Waals surface area contributed by atoms with E-state index < -0.39 is 11.9 Å². The molecule has 0 aliphatic rings. The van der Waals surface area contributed by atoms with Crippen molar-refractivity contribution >= 4 is 0 Å². The Bertz CT molecular complexity index is 647. The molecule has 2 aromatic rings. The Labute approximate surface area is 116 Å². The van der Waals surface area contributed by atoms with Gasteiger partial charge in [-0.3, -0.25) is 0 Å². The number of aliphatic hydroxyl groups excluding tert-OH is 1. The van der Waals surface area contributed by atoms with E-state index in [0.717, 1.165) is 5.56 Å². The van der Waals surface area contributed by atoms with Gasteiger partial charge in [0.05, 0.1) is 17.7 Å². The highest BCUT2D eigenvalue weighted by molar-refractivity contribution is 5.36. The summed E-state index contributed by atoms with van der Waals surface area (Å²) in [6.07, 6.45) is -0.740. The molecule has 20 heavy (non-hydrogen) atoms. The standard InChI is InChI=1S/C16H14FNO2/c1-11(19)15-6-5-14(17)8-16(15)20-10-13-4-2-3-12(7-13)9-18/h2-8,11,19H,10H2,1H3/t11-/m1/s1. The van der Waals surface area contributed by atoms with Crippen molar-refractivity contribution in [3.63, 3.8) is 0 Å². The van der Waals surface area contributed by atoms with Gasteiger partial charge in [-0.05, 0) is 36.8 Å². The van der Waals surface area contributed by atoms with Crippen LogP contribution < -0.4 is 4.74 Å². The first kappa shape index (κ1) is 14.0. The summed E-state index contributed by atoms with van der Waals surface area (Å²) < 4.78 is 18.8. The molecule has 1 atom stereocenters. The first-order chi connectivity index (χ1) is 9.60. The highest BCUT2D eigenvalue weighted by Crippen LogP contribution is 2.26. The van der Waals surface area contributed by atoms with Gasteiger partial charge in [0.25, 0.3) is 0 Å². The Morgan fingerprint density at radius 3 is 2.80 bits per heavy atom. The van der Waals surface area contributed by atoms with Gasteiger partial charge in [0, 0.05) is 11.6 Å². The highest BCUT2D eigenvalue weighted by Gasteiger charge is 2.10. The van der Waals surface area contributed by atoms with Gasteiger partial charge in [-0.2, -0.15) is 5.26 Å². The predicted octanol–water partition coefficient (Wildman–Crippen LogP) is 3.33. The largest absolute Gasteiger partial charge is 0.488 e. The van der Waals surface area contributed by atoms with Crippen molar-refractivity contribution in [1.29, 1.82) is 5.26 Å². The van der Waals surface area contributed by atoms with E-state index >= 15 is 0 Å². The number of nitrogens with zero attached hydrogens (tertiary/aromatic N) is 1. The van der Waals surface area contributed by atoms with Crippen LogP contribution in [0.1, 0.15) is 29.7 Å². The molecular weight excluding hydrogens is 257 g/mol. The van der Waals surface area contributed by atoms with Gasteiger partial charge in [0.2, 0.25) is 0 Å². The van der Waals surface area contributed by atoms with Gasteiger partial charge < -0.3 is 9.84 Å². The molecule has 0 fully saturated rings. The normalized spacial score (nSPS) is 11.7. The molecule has 0 amide bonds. The summed E-state index contributed by atoms with van der Waals surface area (Å²) in [7, 11) is 0. The van der Waals surface area contributed by atoms with Gasteiger partial charge in [-0.1, -0.05) is 12.1 Å². The second-order valence-corrected chi connectivity index (χ2v) is 4.46. The lowest BCUT2D eigenvalue weighted by Gasteiger charge is -2.13. The maximum absolute atomic E-state index is 13.3. The minimum Gasteiger partial charge on any atom is -0.488 e. The van der Waals surface area contributed by atoms with E-state index in [0.29, 0.717) is 16.9 Å². The molecule has 0 heterocycles. The molecule has 2 aromatic carbocycles. The molecule has 3 nitrogen and oxygen atoms in total. The molecule has 4 heteroatoms. The molecule has 0 saturated heterocycles. The Hall–Kier alpha value is -2.38. The Morgan fingerprint density at radius 2 is 2.10 bits per heavy atom. The summed E-state index contributed by atoms with van der Waals surface area (Å²) in [6.45, 7) is 1.80. The molecule has 0 radical (unpaired) electrons. The lowest BCUT2D eigenvalue weighted by Crippen LogP contribution is -2.01. The predicted molar refractivity (Wildman–Crippen MR) is 72.5 cm³/mol. The van der Waals surface area contributed by atoms with Crippen LogP contribution in [0, 0.1) is 17.1 Å². The van der Waals surface area contributed by atoms with Crippen molar-refractivity contribution in [2.75, 3.05) is 0 Å². The molecular formula is C16H14FNO2. The first-order valence-electron chi connectivity index (χ1n) is 6.19. The van der Waals surface area contributed by atoms with Gasteiger partial charge in [-0.15, -0.1) is 0 Å². The fourth-order valence-electron chi connectivity index (χ4n) is 1.87. The third-order valence-electron chi connectivity index (χ3n) is 2.88. The van der Waals surface area contributed by atoms with E-state index in [-0.39, 0.29) is 6.61 Å². The zero-order chi connectivity index (χ0) is 14.5. The smallest absolute Gasteiger partial charge is 0.128 e. The zero-order valence-electron chi connectivity index (χ0n) is 11.0. The third-order valence-corrected chi connectivity index (χ3v) is 2.88. The number of hydrogen-bond donors (Lipinski definition) is 1. The monoisotopic (exact) mass is 271 g/mol. The van der Waals surface area contributed by atoms with Gasteiger partial charge in [-0.25, -0.2) is 4.39 Å². The van der Waals surface area contributed by atoms with Crippen molar-refractivity contribution < 1.29 is 14.2 Å². The van der Waals surface area contributed by atoms with Crippen LogP contribution in [0.25, 0.3) is 0 Å². The van der Waals surface area contributed by atoms with Gasteiger partial charge >= 0.3 is 0 Å². The molecule has 0 unspecified atom stereocenters. The van der Waals surface area contributed by atoms with Crippen molar-refractivity contribution in [3.05, 3.63) is 65.0 Å². The molecule has 0 saturated carbocycles. The molecule has 1 N–H and O–H groups in total. The SMILES string of the molecule is C[C@@H](O)c1ccc(F)cc1OCc1cccc(C#N)c1. The summed E-state index contributed by atoms with van der Waals surface area (Å²) in [5.74, 6) is -0.113. The van der Waals surface area contributed by atoms with Crippen LogP contribution in [0.15, 0.2) is 42.5 Å². The minimum atomic E-state index is -0.740. The molecule has 102 valence electrons. The van der Waals surface area contributed by atoms with Crippen molar-refractivity contribution in [2.24, 2.45) is 0 Å². The zero-order valence-corrected chi connectivity index (χ0v) is 11.0. The highest BCUT2D eigenvalue weighted by atomic mass is 19.1. The summed E-state index contributed by atoms with van der Waals surface area (Å²) in [5.41, 5.74) is 1.88. The maximum Gasteiger partial charge on any atom is 0.128 e. The first-order valence-corrected chi connectivity index (χ1v) is 6.19. The van der Waals surface area contributed by atoms with Gasteiger partial charge in [0.15, 0.2) is 0 Å². The summed E-state index contributed by atoms with van der Waals surface area (Å²) in [6, 6.07) is 13.1. The quantitative estimate of drug-likeness (QED) is 0.928. The Morgan fingerprint density at radius 1 is 1.30 bits per heavy atom. The van der Waals surface area contributed by atoms with E-state index in [2.05, 4.69) is 0 Å². The van der Waals surface area contributed by atoms with E-state index in [4.69, 9.17) is 10.00 Å². The molecule has 0 aromatic heterocycles. The lowest BCUT2D eigenvalue weighted by atomic mass is 10.1. The average Bonchev–Trinajstić information content (AvgIpc) is 2.45. The van der Waals surface area contributed by atoms with Crippen molar-refractivity contribution in [1.82, 2.24) is 0 Å². The van der Waals surface area contributed by atoms with E-state index in [9.17, 15) is 9.50 Å². The Balaban J connectivity index is 2.18. The number of ether oxygens (including phenoxy) is 1. The fraction of sp³-hybridized carbons (Fsp3) is 0.188.